The number of thioether (sulfide) groups is 1. The Hall–Kier alpha value is -3.06. The van der Waals surface area contributed by atoms with Gasteiger partial charge in [-0.25, -0.2) is 0 Å². The molecule has 2 aromatic carbocycles. The fourth-order valence-corrected chi connectivity index (χ4v) is 4.80. The van der Waals surface area contributed by atoms with Crippen LogP contribution in [0.5, 0.6) is 5.75 Å². The van der Waals surface area contributed by atoms with Gasteiger partial charge in [-0.3, -0.25) is 19.3 Å². The first-order valence-electron chi connectivity index (χ1n) is 12.1. The lowest BCUT2D eigenvalue weighted by Gasteiger charge is -2.28. The van der Waals surface area contributed by atoms with Crippen molar-refractivity contribution in [1.82, 2.24) is 4.90 Å². The third-order valence-electron chi connectivity index (χ3n) is 6.08. The van der Waals surface area contributed by atoms with Crippen LogP contribution in [0.3, 0.4) is 0 Å². The maximum absolute atomic E-state index is 13.0. The lowest BCUT2D eigenvalue weighted by atomic mass is 9.78. The van der Waals surface area contributed by atoms with Gasteiger partial charge < -0.3 is 10.4 Å². The van der Waals surface area contributed by atoms with Gasteiger partial charge in [0, 0.05) is 16.8 Å². The zero-order chi connectivity index (χ0) is 27.0. The van der Waals surface area contributed by atoms with E-state index in [0.717, 1.165) is 38.9 Å². The van der Waals surface area contributed by atoms with E-state index in [9.17, 15) is 19.5 Å². The number of benzene rings is 2. The molecule has 0 atom stereocenters. The van der Waals surface area contributed by atoms with Crippen LogP contribution in [-0.4, -0.2) is 33.6 Å². The molecule has 192 valence electrons. The van der Waals surface area contributed by atoms with Crippen LogP contribution in [0.15, 0.2) is 41.3 Å². The molecule has 0 aliphatic carbocycles. The predicted molar refractivity (Wildman–Crippen MR) is 147 cm³/mol. The lowest BCUT2D eigenvalue weighted by molar-refractivity contribution is -0.127. The SMILES string of the molecule is CC(C)c1ccc(NC(=O)CN2C(=O)S/C(=C\c3cc(C(C)(C)C)c(O)c(C(C)(C)C)c3)C2=O)cc1. The van der Waals surface area contributed by atoms with E-state index in [1.165, 1.54) is 0 Å². The molecule has 0 unspecified atom stereocenters. The molecule has 0 aromatic heterocycles. The van der Waals surface area contributed by atoms with Gasteiger partial charge in [0.25, 0.3) is 11.1 Å². The average Bonchev–Trinajstić information content (AvgIpc) is 3.00. The third-order valence-corrected chi connectivity index (χ3v) is 6.99. The maximum atomic E-state index is 13.0. The first kappa shape index (κ1) is 27.5. The minimum atomic E-state index is -0.502. The van der Waals surface area contributed by atoms with Crippen LogP contribution in [0, 0.1) is 0 Å². The minimum absolute atomic E-state index is 0.248. The van der Waals surface area contributed by atoms with Crippen LogP contribution in [0.1, 0.15) is 83.6 Å². The maximum Gasteiger partial charge on any atom is 0.294 e. The number of anilines is 1. The van der Waals surface area contributed by atoms with Gasteiger partial charge >= 0.3 is 0 Å². The fourth-order valence-electron chi connectivity index (χ4n) is 3.97. The van der Waals surface area contributed by atoms with Gasteiger partial charge in [-0.05, 0) is 70.0 Å². The standard InChI is InChI=1S/C29H36N2O4S/c1-17(2)19-9-11-20(12-10-19)30-24(32)16-31-26(34)23(36-27(31)35)15-18-13-21(28(3,4)5)25(33)22(14-18)29(6,7)8/h9-15,17,33H,16H2,1-8H3,(H,30,32)/b23-15-. The molecule has 36 heavy (non-hydrogen) atoms. The molecule has 3 amide bonds. The average molecular weight is 509 g/mol. The number of aromatic hydroxyl groups is 1. The number of phenols is 1. The molecule has 2 aromatic rings. The van der Waals surface area contributed by atoms with Crippen LogP contribution < -0.4 is 5.32 Å². The van der Waals surface area contributed by atoms with E-state index in [4.69, 9.17) is 0 Å². The molecule has 0 radical (unpaired) electrons. The van der Waals surface area contributed by atoms with Gasteiger partial charge in [-0.15, -0.1) is 0 Å². The van der Waals surface area contributed by atoms with Crippen LogP contribution in [0.25, 0.3) is 6.08 Å². The van der Waals surface area contributed by atoms with Gasteiger partial charge in [0.05, 0.1) is 4.91 Å². The zero-order valence-electron chi connectivity index (χ0n) is 22.4. The molecule has 1 saturated heterocycles. The first-order valence-corrected chi connectivity index (χ1v) is 12.9. The molecule has 6 nitrogen and oxygen atoms in total. The normalized spacial score (nSPS) is 15.8. The van der Waals surface area contributed by atoms with Crippen LogP contribution in [0.4, 0.5) is 10.5 Å². The zero-order valence-corrected chi connectivity index (χ0v) is 23.2. The number of amides is 3. The Morgan fingerprint density at radius 1 is 1.00 bits per heavy atom. The highest BCUT2D eigenvalue weighted by molar-refractivity contribution is 8.18. The number of nitrogens with one attached hydrogen (secondary N) is 1. The van der Waals surface area contributed by atoms with Crippen molar-refractivity contribution in [2.24, 2.45) is 0 Å². The van der Waals surface area contributed by atoms with E-state index in [2.05, 4.69) is 19.2 Å². The molecule has 7 heteroatoms. The smallest absolute Gasteiger partial charge is 0.294 e. The quantitative estimate of drug-likeness (QED) is 0.435. The van der Waals surface area contributed by atoms with E-state index in [1.54, 1.807) is 6.08 Å². The largest absolute Gasteiger partial charge is 0.507 e. The Bertz CT molecular complexity index is 1180. The Morgan fingerprint density at radius 3 is 2.00 bits per heavy atom. The summed E-state index contributed by atoms with van der Waals surface area (Å²) < 4.78 is 0. The van der Waals surface area contributed by atoms with Gasteiger partial charge in [-0.1, -0.05) is 67.5 Å². The number of carbonyl (C=O) groups is 3. The van der Waals surface area contributed by atoms with Gasteiger partial charge in [0.1, 0.15) is 12.3 Å². The van der Waals surface area contributed by atoms with Crippen molar-refractivity contribution >= 4 is 40.6 Å². The monoisotopic (exact) mass is 508 g/mol. The molecule has 0 saturated carbocycles. The fraction of sp³-hybridized carbons (Fsp3) is 0.414. The minimum Gasteiger partial charge on any atom is -0.507 e. The number of hydrogen-bond donors (Lipinski definition) is 2. The summed E-state index contributed by atoms with van der Waals surface area (Å²) in [6.45, 7) is 15.9. The second-order valence-electron chi connectivity index (χ2n) is 11.6. The van der Waals surface area contributed by atoms with E-state index >= 15 is 0 Å². The summed E-state index contributed by atoms with van der Waals surface area (Å²) in [5.74, 6) is -0.314. The van der Waals surface area contributed by atoms with Crippen molar-refractivity contribution < 1.29 is 19.5 Å². The predicted octanol–water partition coefficient (Wildman–Crippen LogP) is 6.79. The number of carbonyl (C=O) groups excluding carboxylic acids is 3. The highest BCUT2D eigenvalue weighted by Gasteiger charge is 2.36. The molecule has 2 N–H and O–H groups in total. The Kier molecular flexibility index (Phi) is 7.75. The molecule has 1 fully saturated rings. The van der Waals surface area contributed by atoms with Gasteiger partial charge in [0.15, 0.2) is 0 Å². The summed E-state index contributed by atoms with van der Waals surface area (Å²) >= 11 is 0.817. The second-order valence-corrected chi connectivity index (χ2v) is 12.6. The second kappa shape index (κ2) is 10.1. The van der Waals surface area contributed by atoms with Crippen LogP contribution >= 0.6 is 11.8 Å². The summed E-state index contributed by atoms with van der Waals surface area (Å²) in [6, 6.07) is 11.2. The molecule has 1 heterocycles. The summed E-state index contributed by atoms with van der Waals surface area (Å²) in [5.41, 5.74) is 3.38. The lowest BCUT2D eigenvalue weighted by Crippen LogP contribution is -2.36. The van der Waals surface area contributed by atoms with Crippen LogP contribution in [0.2, 0.25) is 0 Å². The topological polar surface area (TPSA) is 86.7 Å². The Labute approximate surface area is 218 Å². The molecular weight excluding hydrogens is 472 g/mol. The summed E-state index contributed by atoms with van der Waals surface area (Å²) in [7, 11) is 0. The first-order chi connectivity index (χ1) is 16.6. The summed E-state index contributed by atoms with van der Waals surface area (Å²) in [5, 5.41) is 13.2. The highest BCUT2D eigenvalue weighted by atomic mass is 32.2. The summed E-state index contributed by atoms with van der Waals surface area (Å²) in [6.07, 6.45) is 1.66. The number of hydrogen-bond acceptors (Lipinski definition) is 5. The van der Waals surface area contributed by atoms with Crippen molar-refractivity contribution in [1.29, 1.82) is 0 Å². The van der Waals surface area contributed by atoms with Crippen molar-refractivity contribution in [2.75, 3.05) is 11.9 Å². The molecule has 1 aliphatic heterocycles. The third kappa shape index (κ3) is 6.19. The number of nitrogens with zero attached hydrogens (tertiary/aromatic N) is 1. The highest BCUT2D eigenvalue weighted by Crippen LogP contribution is 2.41. The van der Waals surface area contributed by atoms with Crippen molar-refractivity contribution in [2.45, 2.75) is 72.1 Å². The molecule has 3 rings (SSSR count). The number of phenolic OH excluding ortho intramolecular Hbond substituents is 1. The molecule has 1 aliphatic rings. The Balaban J connectivity index is 1.83. The van der Waals surface area contributed by atoms with Crippen LogP contribution in [-0.2, 0) is 20.4 Å². The molecule has 0 bridgehead atoms. The molecule has 0 spiro atoms. The number of imide groups is 1. The van der Waals surface area contributed by atoms with Crippen molar-refractivity contribution in [3.05, 3.63) is 63.6 Å². The van der Waals surface area contributed by atoms with Gasteiger partial charge in [-0.2, -0.15) is 0 Å². The van der Waals surface area contributed by atoms with Crippen molar-refractivity contribution in [3.8, 4) is 5.75 Å². The van der Waals surface area contributed by atoms with Crippen molar-refractivity contribution in [3.63, 3.8) is 0 Å². The van der Waals surface area contributed by atoms with E-state index in [0.29, 0.717) is 11.6 Å². The van der Waals surface area contributed by atoms with E-state index in [1.807, 2.05) is 77.9 Å². The Morgan fingerprint density at radius 2 is 1.53 bits per heavy atom. The van der Waals surface area contributed by atoms with E-state index < -0.39 is 17.1 Å². The summed E-state index contributed by atoms with van der Waals surface area (Å²) in [4.78, 5) is 39.4. The van der Waals surface area contributed by atoms with E-state index in [-0.39, 0.29) is 28.0 Å². The number of rotatable bonds is 5. The van der Waals surface area contributed by atoms with Gasteiger partial charge in [0.2, 0.25) is 5.91 Å². The molecular formula is C29H36N2O4S.